The van der Waals surface area contributed by atoms with Crippen molar-refractivity contribution in [2.24, 2.45) is 0 Å². The average Bonchev–Trinajstić information content (AvgIpc) is 3.12. The van der Waals surface area contributed by atoms with Gasteiger partial charge in [0.2, 0.25) is 13.3 Å². The Morgan fingerprint density at radius 2 is 2.00 bits per heavy atom. The molecule has 0 spiro atoms. The maximum atomic E-state index is 13.6. The number of halogens is 3. The van der Waals surface area contributed by atoms with Gasteiger partial charge in [-0.1, -0.05) is 17.7 Å². The lowest BCUT2D eigenvalue weighted by atomic mass is 10.1. The van der Waals surface area contributed by atoms with E-state index in [4.69, 9.17) is 16.1 Å². The summed E-state index contributed by atoms with van der Waals surface area (Å²) >= 11 is 7.59. The summed E-state index contributed by atoms with van der Waals surface area (Å²) in [5.41, 5.74) is -0.158. The van der Waals surface area contributed by atoms with Crippen LogP contribution in [-0.4, -0.2) is 44.7 Å². The molecule has 0 saturated carbocycles. The molecule has 0 radical (unpaired) electrons. The molecule has 2 aromatic carbocycles. The van der Waals surface area contributed by atoms with Crippen molar-refractivity contribution in [2.75, 3.05) is 33.9 Å². The zero-order valence-electron chi connectivity index (χ0n) is 18.3. The highest BCUT2D eigenvalue weighted by atomic mass is 35.5. The third-order valence-electron chi connectivity index (χ3n) is 4.91. The number of hydrogen-bond donors (Lipinski definition) is 1. The lowest BCUT2D eigenvalue weighted by Crippen LogP contribution is -2.26. The first-order chi connectivity index (χ1) is 15.6. The lowest BCUT2D eigenvalue weighted by molar-refractivity contribution is -0.120. The van der Waals surface area contributed by atoms with Gasteiger partial charge in [0.1, 0.15) is 5.66 Å². The van der Waals surface area contributed by atoms with Crippen molar-refractivity contribution in [1.29, 1.82) is 0 Å². The van der Waals surface area contributed by atoms with Gasteiger partial charge in [0.15, 0.2) is 11.6 Å². The predicted octanol–water partition coefficient (Wildman–Crippen LogP) is 6.15. The van der Waals surface area contributed by atoms with Crippen LogP contribution in [-0.2, 0) is 13.9 Å². The minimum Gasteiger partial charge on any atom is -0.332 e. The average molecular weight is 513 g/mol. The Balaban J connectivity index is 1.91. The number of nitrogens with one attached hydrogen (secondary N) is 1. The van der Waals surface area contributed by atoms with Crippen LogP contribution in [0.1, 0.15) is 16.8 Å². The van der Waals surface area contributed by atoms with Gasteiger partial charge in [-0.15, -0.1) is 11.3 Å². The van der Waals surface area contributed by atoms with Crippen LogP contribution < -0.4 is 5.32 Å². The highest BCUT2D eigenvalue weighted by Crippen LogP contribution is 2.58. The molecule has 5 nitrogen and oxygen atoms in total. The summed E-state index contributed by atoms with van der Waals surface area (Å²) < 4.78 is 46.8. The first-order valence-corrected chi connectivity index (χ1v) is 13.4. The summed E-state index contributed by atoms with van der Waals surface area (Å²) in [5.74, 6) is -2.49. The highest BCUT2D eigenvalue weighted by Gasteiger charge is 2.38. The van der Waals surface area contributed by atoms with Crippen molar-refractivity contribution in [1.82, 2.24) is 10.2 Å². The maximum Gasteiger partial charge on any atom is 0.241 e. The van der Waals surface area contributed by atoms with Gasteiger partial charge in [0.25, 0.3) is 0 Å². The second-order valence-corrected chi connectivity index (χ2v) is 11.7. The van der Waals surface area contributed by atoms with Gasteiger partial charge in [-0.25, -0.2) is 8.78 Å². The Kier molecular flexibility index (Phi) is 8.43. The van der Waals surface area contributed by atoms with Crippen molar-refractivity contribution < 1.29 is 22.7 Å². The zero-order chi connectivity index (χ0) is 24.2. The number of rotatable bonds is 9. The van der Waals surface area contributed by atoms with Crippen LogP contribution in [0.15, 0.2) is 48.0 Å². The summed E-state index contributed by atoms with van der Waals surface area (Å²) in [7, 11) is 0.265. The van der Waals surface area contributed by atoms with E-state index in [0.717, 1.165) is 22.2 Å². The van der Waals surface area contributed by atoms with Crippen molar-refractivity contribution in [3.63, 3.8) is 0 Å². The van der Waals surface area contributed by atoms with E-state index in [0.29, 0.717) is 22.7 Å². The molecule has 33 heavy (non-hydrogen) atoms. The van der Waals surface area contributed by atoms with E-state index in [1.54, 1.807) is 17.5 Å². The van der Waals surface area contributed by atoms with Gasteiger partial charge in [-0.3, -0.25) is 9.36 Å². The molecule has 10 heteroatoms. The second-order valence-electron chi connectivity index (χ2n) is 7.79. The van der Waals surface area contributed by atoms with Gasteiger partial charge in [0, 0.05) is 29.1 Å². The molecule has 0 bridgehead atoms. The van der Waals surface area contributed by atoms with Crippen LogP contribution in [0.4, 0.5) is 8.78 Å². The lowest BCUT2D eigenvalue weighted by Gasteiger charge is -2.24. The van der Waals surface area contributed by atoms with Crippen molar-refractivity contribution in [2.45, 2.75) is 5.66 Å². The van der Waals surface area contributed by atoms with Crippen LogP contribution in [0.25, 0.3) is 16.2 Å². The van der Waals surface area contributed by atoms with Crippen molar-refractivity contribution >= 4 is 52.4 Å². The number of benzene rings is 2. The molecule has 2 unspecified atom stereocenters. The first-order valence-electron chi connectivity index (χ1n) is 10.0. The summed E-state index contributed by atoms with van der Waals surface area (Å²) in [4.78, 5) is 15.1. The standard InChI is InChI=1S/C23H24ClF2N2O3PS/c1-28(2)10-11-31-32(3,30)22(18-14-33-21-7-5-16(24)13-17(18)21)23(29)27-9-8-15-4-6-19(25)20(26)12-15/h4-9,12-14,22H,10-11H2,1-3H3,(H,27,29)/b9-8+. The normalized spacial score (nSPS) is 14.6. The van der Waals surface area contributed by atoms with Crippen LogP contribution in [0.2, 0.25) is 5.02 Å². The second kappa shape index (κ2) is 10.9. The van der Waals surface area contributed by atoms with E-state index >= 15 is 0 Å². The number of carbonyl (C=O) groups is 1. The van der Waals surface area contributed by atoms with Gasteiger partial charge in [-0.2, -0.15) is 0 Å². The highest BCUT2D eigenvalue weighted by molar-refractivity contribution is 7.59. The van der Waals surface area contributed by atoms with Crippen LogP contribution >= 0.6 is 30.3 Å². The third-order valence-corrected chi connectivity index (χ3v) is 8.27. The largest absolute Gasteiger partial charge is 0.332 e. The molecule has 0 aliphatic heterocycles. The first kappa shape index (κ1) is 25.5. The molecule has 2 atom stereocenters. The van der Waals surface area contributed by atoms with E-state index in [1.807, 2.05) is 25.1 Å². The third kappa shape index (κ3) is 6.49. The fraction of sp³-hybridized carbons (Fsp3) is 0.261. The molecule has 3 aromatic rings. The SMILES string of the molecule is CN(C)CCOP(C)(=O)C(C(=O)N/C=C/c1ccc(F)c(F)c1)c1csc2ccc(Cl)cc12. The monoisotopic (exact) mass is 512 g/mol. The number of fused-ring (bicyclic) bond motifs is 1. The molecule has 3 rings (SSSR count). The molecule has 1 amide bonds. The summed E-state index contributed by atoms with van der Waals surface area (Å²) in [5, 5.41) is 5.63. The minimum atomic E-state index is -3.47. The topological polar surface area (TPSA) is 58.6 Å². The summed E-state index contributed by atoms with van der Waals surface area (Å²) in [6.07, 6.45) is 2.73. The molecule has 1 N–H and O–H groups in total. The molecule has 176 valence electrons. The van der Waals surface area contributed by atoms with Gasteiger partial charge < -0.3 is 14.7 Å². The van der Waals surface area contributed by atoms with E-state index < -0.39 is 30.6 Å². The van der Waals surface area contributed by atoms with Crippen LogP contribution in [0, 0.1) is 11.6 Å². The summed E-state index contributed by atoms with van der Waals surface area (Å²) in [6, 6.07) is 8.72. The summed E-state index contributed by atoms with van der Waals surface area (Å²) in [6.45, 7) is 2.18. The van der Waals surface area contributed by atoms with E-state index in [1.165, 1.54) is 36.3 Å². The van der Waals surface area contributed by atoms with Crippen LogP contribution in [0.5, 0.6) is 0 Å². The minimum absolute atomic E-state index is 0.193. The Labute approximate surface area is 200 Å². The fourth-order valence-electron chi connectivity index (χ4n) is 3.23. The Bertz CT molecular complexity index is 1230. The number of likely N-dealkylation sites (N-methyl/N-ethyl adjacent to an activating group) is 1. The number of nitrogens with zero attached hydrogens (tertiary/aromatic N) is 1. The fourth-order valence-corrected chi connectivity index (χ4v) is 6.29. The Morgan fingerprint density at radius 3 is 2.70 bits per heavy atom. The predicted molar refractivity (Wildman–Crippen MR) is 131 cm³/mol. The maximum absolute atomic E-state index is 13.6. The number of carbonyl (C=O) groups excluding carboxylic acids is 1. The zero-order valence-corrected chi connectivity index (χ0v) is 20.8. The molecule has 0 aliphatic rings. The number of hydrogen-bond acceptors (Lipinski definition) is 5. The van der Waals surface area contributed by atoms with Crippen molar-refractivity contribution in [3.05, 3.63) is 75.8 Å². The molecule has 0 aliphatic carbocycles. The van der Waals surface area contributed by atoms with Gasteiger partial charge in [-0.05, 0) is 72.4 Å². The molecular weight excluding hydrogens is 489 g/mol. The molecule has 0 fully saturated rings. The number of thiophene rings is 1. The van der Waals surface area contributed by atoms with E-state index in [2.05, 4.69) is 5.32 Å². The molecule has 1 aromatic heterocycles. The van der Waals surface area contributed by atoms with Crippen molar-refractivity contribution in [3.8, 4) is 0 Å². The van der Waals surface area contributed by atoms with E-state index in [9.17, 15) is 18.1 Å². The Morgan fingerprint density at radius 1 is 1.24 bits per heavy atom. The number of amides is 1. The van der Waals surface area contributed by atoms with Gasteiger partial charge >= 0.3 is 0 Å². The smallest absolute Gasteiger partial charge is 0.241 e. The molecule has 0 saturated heterocycles. The van der Waals surface area contributed by atoms with Crippen LogP contribution in [0.3, 0.4) is 0 Å². The quantitative estimate of drug-likeness (QED) is 0.349. The van der Waals surface area contributed by atoms with E-state index in [-0.39, 0.29) is 6.61 Å². The molecule has 1 heterocycles. The van der Waals surface area contributed by atoms with Gasteiger partial charge in [0.05, 0.1) is 6.61 Å². The molecular formula is C23H24ClF2N2O3PS. The Hall–Kier alpha value is -2.09.